The van der Waals surface area contributed by atoms with E-state index in [0.29, 0.717) is 25.3 Å². The fourth-order valence-electron chi connectivity index (χ4n) is 3.55. The fourth-order valence-corrected chi connectivity index (χ4v) is 3.55. The lowest BCUT2D eigenvalue weighted by Gasteiger charge is -2.26. The SMILES string of the molecule is CCO[C@H](C(=O)NCc1ccc(C(=N)N)cc1)c1c(F)cc(OCCN2CCOCC2)cc1F. The molecule has 8 nitrogen and oxygen atoms in total. The van der Waals surface area contributed by atoms with Crippen LogP contribution in [-0.2, 0) is 20.8 Å². The van der Waals surface area contributed by atoms with Gasteiger partial charge in [0.05, 0.1) is 18.8 Å². The van der Waals surface area contributed by atoms with E-state index in [2.05, 4.69) is 10.2 Å². The van der Waals surface area contributed by atoms with Gasteiger partial charge in [-0.05, 0) is 12.5 Å². The number of nitrogens with one attached hydrogen (secondary N) is 2. The molecular formula is C24H30F2N4O4. The van der Waals surface area contributed by atoms with E-state index in [9.17, 15) is 13.6 Å². The van der Waals surface area contributed by atoms with E-state index in [1.807, 2.05) is 0 Å². The van der Waals surface area contributed by atoms with Gasteiger partial charge >= 0.3 is 0 Å². The minimum atomic E-state index is -1.45. The molecular weight excluding hydrogens is 446 g/mol. The first-order valence-electron chi connectivity index (χ1n) is 11.1. The number of benzene rings is 2. The van der Waals surface area contributed by atoms with E-state index >= 15 is 0 Å². The highest BCUT2D eigenvalue weighted by molar-refractivity contribution is 5.94. The Hall–Kier alpha value is -3.08. The third-order valence-electron chi connectivity index (χ3n) is 5.40. The Kier molecular flexibility index (Phi) is 9.32. The Morgan fingerprint density at radius 3 is 2.44 bits per heavy atom. The monoisotopic (exact) mass is 476 g/mol. The van der Waals surface area contributed by atoms with Crippen LogP contribution in [0.2, 0.25) is 0 Å². The third kappa shape index (κ3) is 6.96. The Morgan fingerprint density at radius 1 is 1.21 bits per heavy atom. The minimum absolute atomic E-state index is 0.0493. The molecule has 2 aromatic rings. The van der Waals surface area contributed by atoms with E-state index in [1.54, 1.807) is 31.2 Å². The fraction of sp³-hybridized carbons (Fsp3) is 0.417. The van der Waals surface area contributed by atoms with Gasteiger partial charge in [-0.2, -0.15) is 0 Å². The molecule has 1 heterocycles. The summed E-state index contributed by atoms with van der Waals surface area (Å²) in [7, 11) is 0. The van der Waals surface area contributed by atoms with Gasteiger partial charge in [-0.25, -0.2) is 8.78 Å². The first kappa shape index (κ1) is 25.5. The molecule has 1 atom stereocenters. The van der Waals surface area contributed by atoms with Crippen LogP contribution in [0.15, 0.2) is 36.4 Å². The number of hydrogen-bond acceptors (Lipinski definition) is 6. The summed E-state index contributed by atoms with van der Waals surface area (Å²) >= 11 is 0. The summed E-state index contributed by atoms with van der Waals surface area (Å²) in [5.74, 6) is -2.52. The van der Waals surface area contributed by atoms with Crippen molar-refractivity contribution >= 4 is 11.7 Å². The Balaban J connectivity index is 1.63. The van der Waals surface area contributed by atoms with Crippen LogP contribution in [0, 0.1) is 17.0 Å². The highest BCUT2D eigenvalue weighted by Crippen LogP contribution is 2.28. The van der Waals surface area contributed by atoms with Gasteiger partial charge in [-0.1, -0.05) is 24.3 Å². The molecule has 10 heteroatoms. The average molecular weight is 477 g/mol. The standard InChI is InChI=1S/C24H30F2N4O4/c1-2-33-22(24(31)29-15-16-3-5-17(6-4-16)23(27)28)21-19(25)13-18(14-20(21)26)34-12-9-30-7-10-32-11-8-30/h3-6,13-14,22H,2,7-12,15H2,1H3,(H3,27,28)(H,29,31)/t22-/m0/s1. The smallest absolute Gasteiger partial charge is 0.254 e. The van der Waals surface area contributed by atoms with Gasteiger partial charge in [0, 0.05) is 50.5 Å². The van der Waals surface area contributed by atoms with E-state index in [4.69, 9.17) is 25.4 Å². The van der Waals surface area contributed by atoms with Crippen LogP contribution in [0.3, 0.4) is 0 Å². The van der Waals surface area contributed by atoms with Crippen molar-refractivity contribution in [3.8, 4) is 5.75 Å². The molecule has 0 bridgehead atoms. The van der Waals surface area contributed by atoms with Crippen LogP contribution in [0.4, 0.5) is 8.78 Å². The molecule has 0 aromatic heterocycles. The number of ether oxygens (including phenoxy) is 3. The van der Waals surface area contributed by atoms with Crippen LogP contribution >= 0.6 is 0 Å². The van der Waals surface area contributed by atoms with Crippen LogP contribution in [-0.4, -0.2) is 62.7 Å². The normalized spacial score (nSPS) is 15.0. The summed E-state index contributed by atoms with van der Waals surface area (Å²) in [4.78, 5) is 14.9. The van der Waals surface area contributed by atoms with Crippen LogP contribution in [0.25, 0.3) is 0 Å². The maximum atomic E-state index is 14.9. The Labute approximate surface area is 197 Å². The average Bonchev–Trinajstić information content (AvgIpc) is 2.82. The van der Waals surface area contributed by atoms with Gasteiger partial charge in [0.2, 0.25) is 0 Å². The summed E-state index contributed by atoms with van der Waals surface area (Å²) in [6.45, 7) is 5.62. The summed E-state index contributed by atoms with van der Waals surface area (Å²) in [6, 6.07) is 8.85. The molecule has 0 spiro atoms. The second-order valence-corrected chi connectivity index (χ2v) is 7.77. The lowest BCUT2D eigenvalue weighted by molar-refractivity contribution is -0.133. The topological polar surface area (TPSA) is 110 Å². The molecule has 0 saturated carbocycles. The number of carbonyl (C=O) groups is 1. The van der Waals surface area contributed by atoms with E-state index < -0.39 is 29.2 Å². The molecule has 184 valence electrons. The van der Waals surface area contributed by atoms with Gasteiger partial charge in [-0.3, -0.25) is 15.1 Å². The first-order valence-corrected chi connectivity index (χ1v) is 11.1. The van der Waals surface area contributed by atoms with Crippen molar-refractivity contribution in [3.63, 3.8) is 0 Å². The van der Waals surface area contributed by atoms with Gasteiger partial charge < -0.3 is 25.3 Å². The zero-order valence-electron chi connectivity index (χ0n) is 19.1. The predicted octanol–water partition coefficient (Wildman–Crippen LogP) is 2.35. The molecule has 1 fully saturated rings. The lowest BCUT2D eigenvalue weighted by Crippen LogP contribution is -2.38. The number of nitrogens with zero attached hydrogens (tertiary/aromatic N) is 1. The number of nitrogen functional groups attached to an aromatic ring is 1. The van der Waals surface area contributed by atoms with Crippen molar-refractivity contribution in [2.75, 3.05) is 46.1 Å². The molecule has 1 saturated heterocycles. The van der Waals surface area contributed by atoms with Gasteiger partial charge in [-0.15, -0.1) is 0 Å². The van der Waals surface area contributed by atoms with Gasteiger partial charge in [0.25, 0.3) is 5.91 Å². The van der Waals surface area contributed by atoms with Crippen molar-refractivity contribution in [3.05, 3.63) is 64.7 Å². The number of amides is 1. The first-order chi connectivity index (χ1) is 16.4. The Bertz CT molecular complexity index is 958. The molecule has 1 amide bonds. The number of amidine groups is 1. The zero-order valence-corrected chi connectivity index (χ0v) is 19.1. The summed E-state index contributed by atoms with van der Waals surface area (Å²) in [5, 5.41) is 10.1. The third-order valence-corrected chi connectivity index (χ3v) is 5.40. The number of morpholine rings is 1. The maximum Gasteiger partial charge on any atom is 0.254 e. The van der Waals surface area contributed by atoms with Crippen molar-refractivity contribution in [2.24, 2.45) is 5.73 Å². The van der Waals surface area contributed by atoms with Crippen LogP contribution in [0.5, 0.6) is 5.75 Å². The number of nitrogens with two attached hydrogens (primary N) is 1. The van der Waals surface area contributed by atoms with E-state index in [1.165, 1.54) is 0 Å². The number of rotatable bonds is 11. The summed E-state index contributed by atoms with van der Waals surface area (Å²) < 4.78 is 46.0. The molecule has 4 N–H and O–H groups in total. The highest BCUT2D eigenvalue weighted by Gasteiger charge is 2.28. The van der Waals surface area contributed by atoms with Crippen molar-refractivity contribution in [1.82, 2.24) is 10.2 Å². The number of carbonyl (C=O) groups excluding carboxylic acids is 1. The molecule has 0 unspecified atom stereocenters. The highest BCUT2D eigenvalue weighted by atomic mass is 19.1. The van der Waals surface area contributed by atoms with Crippen LogP contribution in [0.1, 0.15) is 29.7 Å². The molecule has 1 aliphatic rings. The quantitative estimate of drug-likeness (QED) is 0.339. The largest absolute Gasteiger partial charge is 0.492 e. The maximum absolute atomic E-state index is 14.9. The van der Waals surface area contributed by atoms with E-state index in [0.717, 1.165) is 30.8 Å². The van der Waals surface area contributed by atoms with Gasteiger partial charge in [0.15, 0.2) is 6.10 Å². The molecule has 3 rings (SSSR count). The van der Waals surface area contributed by atoms with Crippen molar-refractivity contribution in [2.45, 2.75) is 19.6 Å². The summed E-state index contributed by atoms with van der Waals surface area (Å²) in [6.07, 6.45) is -1.45. The second kappa shape index (κ2) is 12.4. The molecule has 34 heavy (non-hydrogen) atoms. The lowest BCUT2D eigenvalue weighted by atomic mass is 10.1. The zero-order chi connectivity index (χ0) is 24.5. The molecule has 1 aliphatic heterocycles. The molecule has 0 aliphatic carbocycles. The van der Waals surface area contributed by atoms with Crippen molar-refractivity contribution in [1.29, 1.82) is 5.41 Å². The number of halogens is 2. The molecule has 2 aromatic carbocycles. The number of hydrogen-bond donors (Lipinski definition) is 3. The predicted molar refractivity (Wildman–Crippen MR) is 123 cm³/mol. The van der Waals surface area contributed by atoms with E-state index in [-0.39, 0.29) is 31.3 Å². The molecule has 0 radical (unpaired) electrons. The van der Waals surface area contributed by atoms with Gasteiger partial charge in [0.1, 0.15) is 29.8 Å². The van der Waals surface area contributed by atoms with Crippen LogP contribution < -0.4 is 15.8 Å². The Morgan fingerprint density at radius 2 is 1.85 bits per heavy atom. The second-order valence-electron chi connectivity index (χ2n) is 7.77. The van der Waals surface area contributed by atoms with Crippen molar-refractivity contribution < 1.29 is 27.8 Å². The minimum Gasteiger partial charge on any atom is -0.492 e. The summed E-state index contributed by atoms with van der Waals surface area (Å²) in [5.41, 5.74) is 6.26.